The molecular weight excluding hydrogens is 174 g/mol. The van der Waals surface area contributed by atoms with Crippen molar-refractivity contribution in [3.8, 4) is 0 Å². The van der Waals surface area contributed by atoms with E-state index in [0.717, 1.165) is 30.7 Å². The Hall–Kier alpha value is -1.15. The summed E-state index contributed by atoms with van der Waals surface area (Å²) in [6, 6.07) is 5.72. The SMILES string of the molecule is C=CCCCC(O)c1cccc(C)n1. The molecule has 0 bridgehead atoms. The fourth-order valence-corrected chi connectivity index (χ4v) is 1.35. The lowest BCUT2D eigenvalue weighted by atomic mass is 10.1. The Kier molecular flexibility index (Phi) is 4.33. The fourth-order valence-electron chi connectivity index (χ4n) is 1.35. The van der Waals surface area contributed by atoms with Gasteiger partial charge in [-0.25, -0.2) is 0 Å². The maximum Gasteiger partial charge on any atom is 0.0960 e. The first-order chi connectivity index (χ1) is 6.74. The third kappa shape index (κ3) is 3.30. The maximum atomic E-state index is 9.77. The molecule has 1 aromatic rings. The highest BCUT2D eigenvalue weighted by Gasteiger charge is 2.07. The molecule has 0 radical (unpaired) electrons. The minimum absolute atomic E-state index is 0.435. The lowest BCUT2D eigenvalue weighted by molar-refractivity contribution is 0.160. The maximum absolute atomic E-state index is 9.77. The number of unbranched alkanes of at least 4 members (excludes halogenated alkanes) is 1. The second kappa shape index (κ2) is 5.55. The molecule has 0 spiro atoms. The normalized spacial score (nSPS) is 12.4. The Bertz CT molecular complexity index is 296. The lowest BCUT2D eigenvalue weighted by Crippen LogP contribution is -2.00. The number of aromatic nitrogens is 1. The lowest BCUT2D eigenvalue weighted by Gasteiger charge is -2.09. The summed E-state index contributed by atoms with van der Waals surface area (Å²) >= 11 is 0. The number of hydrogen-bond donors (Lipinski definition) is 1. The smallest absolute Gasteiger partial charge is 0.0960 e. The zero-order valence-corrected chi connectivity index (χ0v) is 8.61. The van der Waals surface area contributed by atoms with Gasteiger partial charge in [-0.05, 0) is 38.3 Å². The van der Waals surface area contributed by atoms with Gasteiger partial charge in [0.1, 0.15) is 0 Å². The molecule has 14 heavy (non-hydrogen) atoms. The van der Waals surface area contributed by atoms with Crippen LogP contribution in [-0.4, -0.2) is 10.1 Å². The second-order valence-electron chi connectivity index (χ2n) is 3.44. The Morgan fingerprint density at radius 1 is 1.57 bits per heavy atom. The van der Waals surface area contributed by atoms with Crippen molar-refractivity contribution in [1.29, 1.82) is 0 Å². The highest BCUT2D eigenvalue weighted by Crippen LogP contribution is 2.17. The van der Waals surface area contributed by atoms with E-state index in [0.29, 0.717) is 0 Å². The van der Waals surface area contributed by atoms with Gasteiger partial charge in [0.25, 0.3) is 0 Å². The molecule has 1 heterocycles. The van der Waals surface area contributed by atoms with E-state index in [2.05, 4.69) is 11.6 Å². The largest absolute Gasteiger partial charge is 0.387 e. The standard InChI is InChI=1S/C12H17NO/c1-3-4-5-9-12(14)11-8-6-7-10(2)13-11/h3,6-8,12,14H,1,4-5,9H2,2H3. The van der Waals surface area contributed by atoms with Gasteiger partial charge in [-0.1, -0.05) is 12.1 Å². The summed E-state index contributed by atoms with van der Waals surface area (Å²) in [4.78, 5) is 4.28. The van der Waals surface area contributed by atoms with Crippen molar-refractivity contribution >= 4 is 0 Å². The molecule has 0 aliphatic rings. The number of aryl methyl sites for hydroxylation is 1. The highest BCUT2D eigenvalue weighted by atomic mass is 16.3. The molecule has 0 amide bonds. The van der Waals surface area contributed by atoms with Crippen LogP contribution in [-0.2, 0) is 0 Å². The van der Waals surface area contributed by atoms with Crippen molar-refractivity contribution in [2.24, 2.45) is 0 Å². The van der Waals surface area contributed by atoms with Crippen LogP contribution in [0.1, 0.15) is 36.8 Å². The number of aliphatic hydroxyl groups is 1. The van der Waals surface area contributed by atoms with Gasteiger partial charge < -0.3 is 5.11 Å². The van der Waals surface area contributed by atoms with Crippen molar-refractivity contribution in [3.05, 3.63) is 42.2 Å². The van der Waals surface area contributed by atoms with Crippen molar-refractivity contribution in [2.45, 2.75) is 32.3 Å². The first-order valence-corrected chi connectivity index (χ1v) is 4.96. The number of allylic oxidation sites excluding steroid dienone is 1. The fraction of sp³-hybridized carbons (Fsp3) is 0.417. The number of rotatable bonds is 5. The molecule has 76 valence electrons. The first kappa shape index (κ1) is 10.9. The van der Waals surface area contributed by atoms with Gasteiger partial charge in [-0.2, -0.15) is 0 Å². The van der Waals surface area contributed by atoms with E-state index in [1.54, 1.807) is 0 Å². The molecule has 2 nitrogen and oxygen atoms in total. The van der Waals surface area contributed by atoms with E-state index in [9.17, 15) is 5.11 Å². The Morgan fingerprint density at radius 3 is 3.00 bits per heavy atom. The van der Waals surface area contributed by atoms with Crippen LogP contribution in [0, 0.1) is 6.92 Å². The monoisotopic (exact) mass is 191 g/mol. The predicted molar refractivity (Wildman–Crippen MR) is 58.0 cm³/mol. The van der Waals surface area contributed by atoms with Gasteiger partial charge in [-0.3, -0.25) is 4.98 Å². The van der Waals surface area contributed by atoms with E-state index >= 15 is 0 Å². The third-order valence-electron chi connectivity index (χ3n) is 2.14. The summed E-state index contributed by atoms with van der Waals surface area (Å²) in [5, 5.41) is 9.77. The molecule has 0 fully saturated rings. The van der Waals surface area contributed by atoms with Crippen LogP contribution in [0.5, 0.6) is 0 Å². The zero-order valence-electron chi connectivity index (χ0n) is 8.61. The molecular formula is C12H17NO. The van der Waals surface area contributed by atoms with Gasteiger partial charge in [-0.15, -0.1) is 6.58 Å². The van der Waals surface area contributed by atoms with E-state index in [-0.39, 0.29) is 0 Å². The molecule has 0 saturated carbocycles. The van der Waals surface area contributed by atoms with E-state index < -0.39 is 6.10 Å². The topological polar surface area (TPSA) is 33.1 Å². The Labute approximate surface area is 85.3 Å². The Morgan fingerprint density at radius 2 is 2.36 bits per heavy atom. The van der Waals surface area contributed by atoms with Crippen LogP contribution >= 0.6 is 0 Å². The number of pyridine rings is 1. The van der Waals surface area contributed by atoms with Gasteiger partial charge in [0.15, 0.2) is 0 Å². The molecule has 0 aliphatic heterocycles. The van der Waals surface area contributed by atoms with Crippen LogP contribution in [0.15, 0.2) is 30.9 Å². The van der Waals surface area contributed by atoms with Gasteiger partial charge in [0.05, 0.1) is 11.8 Å². The summed E-state index contributed by atoms with van der Waals surface area (Å²) < 4.78 is 0. The summed E-state index contributed by atoms with van der Waals surface area (Å²) in [5.41, 5.74) is 1.72. The van der Waals surface area contributed by atoms with Gasteiger partial charge in [0, 0.05) is 5.69 Å². The molecule has 1 aromatic heterocycles. The van der Waals surface area contributed by atoms with Crippen molar-refractivity contribution < 1.29 is 5.11 Å². The predicted octanol–water partition coefficient (Wildman–Crippen LogP) is 2.78. The third-order valence-corrected chi connectivity index (χ3v) is 2.14. The van der Waals surface area contributed by atoms with Crippen LogP contribution in [0.3, 0.4) is 0 Å². The molecule has 1 N–H and O–H groups in total. The molecule has 1 atom stereocenters. The second-order valence-corrected chi connectivity index (χ2v) is 3.44. The minimum atomic E-state index is -0.435. The van der Waals surface area contributed by atoms with E-state index in [1.165, 1.54) is 0 Å². The number of aliphatic hydroxyl groups excluding tert-OH is 1. The quantitative estimate of drug-likeness (QED) is 0.573. The van der Waals surface area contributed by atoms with Gasteiger partial charge in [0.2, 0.25) is 0 Å². The molecule has 1 rings (SSSR count). The molecule has 2 heteroatoms. The molecule has 0 aliphatic carbocycles. The van der Waals surface area contributed by atoms with Crippen molar-refractivity contribution in [1.82, 2.24) is 4.98 Å². The Balaban J connectivity index is 2.51. The first-order valence-electron chi connectivity index (χ1n) is 4.96. The van der Waals surface area contributed by atoms with Crippen LogP contribution in [0.4, 0.5) is 0 Å². The summed E-state index contributed by atoms with van der Waals surface area (Å²) in [6.07, 6.45) is 4.09. The summed E-state index contributed by atoms with van der Waals surface area (Å²) in [5.74, 6) is 0. The number of hydrogen-bond acceptors (Lipinski definition) is 2. The van der Waals surface area contributed by atoms with Gasteiger partial charge >= 0.3 is 0 Å². The van der Waals surface area contributed by atoms with E-state index in [1.807, 2.05) is 31.2 Å². The minimum Gasteiger partial charge on any atom is -0.387 e. The summed E-state index contributed by atoms with van der Waals surface area (Å²) in [7, 11) is 0. The van der Waals surface area contributed by atoms with Crippen LogP contribution in [0.2, 0.25) is 0 Å². The highest BCUT2D eigenvalue weighted by molar-refractivity contribution is 5.11. The molecule has 0 aromatic carbocycles. The molecule has 0 saturated heterocycles. The van der Waals surface area contributed by atoms with Crippen LogP contribution in [0.25, 0.3) is 0 Å². The van der Waals surface area contributed by atoms with Crippen molar-refractivity contribution in [2.75, 3.05) is 0 Å². The van der Waals surface area contributed by atoms with E-state index in [4.69, 9.17) is 0 Å². The van der Waals surface area contributed by atoms with Crippen molar-refractivity contribution in [3.63, 3.8) is 0 Å². The number of nitrogens with zero attached hydrogens (tertiary/aromatic N) is 1. The molecule has 1 unspecified atom stereocenters. The van der Waals surface area contributed by atoms with Crippen LogP contribution < -0.4 is 0 Å². The summed E-state index contributed by atoms with van der Waals surface area (Å²) in [6.45, 7) is 5.58. The zero-order chi connectivity index (χ0) is 10.4. The average molecular weight is 191 g/mol. The average Bonchev–Trinajstić information content (AvgIpc) is 2.18.